The molecule has 39 heavy (non-hydrogen) atoms. The number of fused-ring (bicyclic) bond motifs is 2. The summed E-state index contributed by atoms with van der Waals surface area (Å²) >= 11 is 9.87. The van der Waals surface area contributed by atoms with E-state index in [1.807, 2.05) is 74.5 Å². The maximum atomic E-state index is 14.7. The first-order valence-corrected chi connectivity index (χ1v) is 14.5. The SMILES string of the molecule is CC(C)CC1C(c2ccc(Cl)cc2)C(C(=O)c2ccccc2)C2(C(=O)Nc3ccc(Br)cc32)N1C(=O)C(C)C. The zero-order valence-electron chi connectivity index (χ0n) is 22.4. The number of halogens is 2. The Morgan fingerprint density at radius 3 is 2.28 bits per heavy atom. The second-order valence-corrected chi connectivity index (χ2v) is 12.6. The summed E-state index contributed by atoms with van der Waals surface area (Å²) in [5, 5.41) is 3.63. The molecule has 7 heteroatoms. The van der Waals surface area contributed by atoms with Crippen molar-refractivity contribution in [3.05, 3.63) is 99.0 Å². The molecule has 3 aromatic rings. The van der Waals surface area contributed by atoms with Gasteiger partial charge in [-0.2, -0.15) is 0 Å². The van der Waals surface area contributed by atoms with Crippen molar-refractivity contribution < 1.29 is 14.4 Å². The van der Waals surface area contributed by atoms with Crippen LogP contribution < -0.4 is 5.32 Å². The topological polar surface area (TPSA) is 66.5 Å². The molecule has 0 bridgehead atoms. The zero-order valence-corrected chi connectivity index (χ0v) is 24.8. The van der Waals surface area contributed by atoms with E-state index in [-0.39, 0.29) is 29.4 Å². The number of benzene rings is 3. The first kappa shape index (κ1) is 27.6. The van der Waals surface area contributed by atoms with Crippen LogP contribution in [0.2, 0.25) is 5.02 Å². The van der Waals surface area contributed by atoms with Gasteiger partial charge in [-0.25, -0.2) is 0 Å². The first-order valence-electron chi connectivity index (χ1n) is 13.4. The highest BCUT2D eigenvalue weighted by Gasteiger charge is 2.70. The van der Waals surface area contributed by atoms with Crippen molar-refractivity contribution in [1.29, 1.82) is 0 Å². The predicted molar refractivity (Wildman–Crippen MR) is 158 cm³/mol. The average molecular weight is 608 g/mol. The summed E-state index contributed by atoms with van der Waals surface area (Å²) in [4.78, 5) is 45.2. The Hall–Kier alpha value is -2.96. The van der Waals surface area contributed by atoms with Crippen molar-refractivity contribution in [2.45, 2.75) is 51.6 Å². The van der Waals surface area contributed by atoms with Crippen LogP contribution in [0.3, 0.4) is 0 Å². The van der Waals surface area contributed by atoms with Crippen molar-refractivity contribution in [2.75, 3.05) is 5.32 Å². The van der Waals surface area contributed by atoms with E-state index in [0.717, 1.165) is 10.0 Å². The number of carbonyl (C=O) groups excluding carboxylic acids is 3. The van der Waals surface area contributed by atoms with Gasteiger partial charge >= 0.3 is 0 Å². The highest BCUT2D eigenvalue weighted by atomic mass is 79.9. The molecule has 4 atom stereocenters. The standard InChI is InChI=1S/C32H32BrClN2O3/c1-18(2)16-26-27(20-10-13-23(34)14-11-20)28(29(37)21-8-6-5-7-9-21)32(36(26)30(38)19(3)4)24-17-22(33)12-15-25(24)35-31(32)39/h5-15,17-19,26-28H,16H2,1-4H3,(H,35,39). The Balaban J connectivity index is 1.89. The van der Waals surface area contributed by atoms with Crippen LogP contribution in [-0.2, 0) is 15.1 Å². The molecule has 2 aliphatic rings. The number of hydrogen-bond acceptors (Lipinski definition) is 3. The van der Waals surface area contributed by atoms with Gasteiger partial charge in [0, 0.05) is 44.2 Å². The molecule has 1 fully saturated rings. The molecule has 1 spiro atoms. The molecule has 1 saturated heterocycles. The fourth-order valence-electron chi connectivity index (χ4n) is 6.47. The van der Waals surface area contributed by atoms with Crippen LogP contribution in [0.25, 0.3) is 0 Å². The lowest BCUT2D eigenvalue weighted by atomic mass is 9.69. The molecule has 0 saturated carbocycles. The molecule has 0 radical (unpaired) electrons. The molecule has 4 unspecified atom stereocenters. The largest absolute Gasteiger partial charge is 0.323 e. The molecular weight excluding hydrogens is 576 g/mol. The van der Waals surface area contributed by atoms with E-state index in [1.54, 1.807) is 17.0 Å². The molecule has 5 rings (SSSR count). The summed E-state index contributed by atoms with van der Waals surface area (Å²) in [7, 11) is 0. The monoisotopic (exact) mass is 606 g/mol. The zero-order chi connectivity index (χ0) is 28.1. The van der Waals surface area contributed by atoms with Crippen LogP contribution in [0, 0.1) is 17.8 Å². The highest BCUT2D eigenvalue weighted by molar-refractivity contribution is 9.10. The van der Waals surface area contributed by atoms with Gasteiger partial charge in [0.25, 0.3) is 5.91 Å². The summed E-state index contributed by atoms with van der Waals surface area (Å²) in [5.74, 6) is -2.11. The summed E-state index contributed by atoms with van der Waals surface area (Å²) in [5.41, 5.74) is 1.15. The Bertz CT molecular complexity index is 1420. The lowest BCUT2D eigenvalue weighted by Crippen LogP contribution is -2.57. The molecule has 2 amide bonds. The average Bonchev–Trinajstić information content (AvgIpc) is 3.35. The molecule has 3 aromatic carbocycles. The Labute approximate surface area is 243 Å². The van der Waals surface area contributed by atoms with Gasteiger partial charge in [-0.3, -0.25) is 14.4 Å². The second kappa shape index (κ2) is 10.5. The third-order valence-electron chi connectivity index (χ3n) is 7.96. The van der Waals surface area contributed by atoms with Crippen LogP contribution in [-0.4, -0.2) is 28.5 Å². The number of rotatable bonds is 6. The molecule has 0 aromatic heterocycles. The molecular formula is C32H32BrClN2O3. The van der Waals surface area contributed by atoms with Gasteiger partial charge in [0.05, 0.1) is 5.92 Å². The predicted octanol–water partition coefficient (Wildman–Crippen LogP) is 7.45. The van der Waals surface area contributed by atoms with E-state index in [1.165, 1.54) is 0 Å². The third-order valence-corrected chi connectivity index (χ3v) is 8.71. The molecule has 2 aliphatic heterocycles. The van der Waals surface area contributed by atoms with Crippen molar-refractivity contribution in [3.63, 3.8) is 0 Å². The Morgan fingerprint density at radius 1 is 1.00 bits per heavy atom. The van der Waals surface area contributed by atoms with Crippen molar-refractivity contribution in [3.8, 4) is 0 Å². The number of Topliss-reactive ketones (excluding diaryl/α,β-unsaturated/α-hetero) is 1. The number of carbonyl (C=O) groups is 3. The minimum atomic E-state index is -1.52. The van der Waals surface area contributed by atoms with Gasteiger partial charge in [0.1, 0.15) is 0 Å². The van der Waals surface area contributed by atoms with E-state index in [2.05, 4.69) is 35.1 Å². The molecule has 202 valence electrons. The lowest BCUT2D eigenvalue weighted by molar-refractivity contribution is -0.149. The Morgan fingerprint density at radius 2 is 1.67 bits per heavy atom. The minimum absolute atomic E-state index is 0.147. The minimum Gasteiger partial charge on any atom is -0.323 e. The number of amides is 2. The van der Waals surface area contributed by atoms with Crippen LogP contribution >= 0.6 is 27.5 Å². The highest BCUT2D eigenvalue weighted by Crippen LogP contribution is 2.60. The number of nitrogens with zero attached hydrogens (tertiary/aromatic N) is 1. The quantitative estimate of drug-likeness (QED) is 0.296. The van der Waals surface area contributed by atoms with Gasteiger partial charge in [0.15, 0.2) is 11.3 Å². The van der Waals surface area contributed by atoms with Crippen LogP contribution in [0.15, 0.2) is 77.3 Å². The first-order chi connectivity index (χ1) is 18.6. The molecule has 0 aliphatic carbocycles. The van der Waals surface area contributed by atoms with E-state index < -0.39 is 23.4 Å². The van der Waals surface area contributed by atoms with Crippen LogP contribution in [0.4, 0.5) is 5.69 Å². The van der Waals surface area contributed by atoms with Gasteiger partial charge < -0.3 is 10.2 Å². The summed E-state index contributed by atoms with van der Waals surface area (Å²) in [6, 6.07) is 21.8. The maximum absolute atomic E-state index is 14.7. The van der Waals surface area contributed by atoms with Crippen molar-refractivity contribution in [1.82, 2.24) is 4.90 Å². The normalized spacial score (nSPS) is 23.9. The van der Waals surface area contributed by atoms with E-state index in [0.29, 0.717) is 28.3 Å². The number of anilines is 1. The summed E-state index contributed by atoms with van der Waals surface area (Å²) in [6.07, 6.45) is 0.628. The van der Waals surface area contributed by atoms with Crippen LogP contribution in [0.5, 0.6) is 0 Å². The number of likely N-dealkylation sites (tertiary alicyclic amines) is 1. The third kappa shape index (κ3) is 4.52. The fraction of sp³-hybridized carbons (Fsp3) is 0.344. The number of hydrogen-bond donors (Lipinski definition) is 1. The molecule has 2 heterocycles. The number of ketones is 1. The van der Waals surface area contributed by atoms with Crippen LogP contribution in [0.1, 0.15) is 61.5 Å². The lowest BCUT2D eigenvalue weighted by Gasteiger charge is -2.40. The smallest absolute Gasteiger partial charge is 0.255 e. The van der Waals surface area contributed by atoms with Gasteiger partial charge in [-0.05, 0) is 48.2 Å². The van der Waals surface area contributed by atoms with Gasteiger partial charge in [-0.1, -0.05) is 97.7 Å². The van der Waals surface area contributed by atoms with Gasteiger partial charge in [0.2, 0.25) is 5.91 Å². The summed E-state index contributed by atoms with van der Waals surface area (Å²) < 4.78 is 0.773. The maximum Gasteiger partial charge on any atom is 0.255 e. The van der Waals surface area contributed by atoms with E-state index >= 15 is 0 Å². The van der Waals surface area contributed by atoms with E-state index in [9.17, 15) is 14.4 Å². The van der Waals surface area contributed by atoms with Crippen molar-refractivity contribution >= 4 is 50.8 Å². The number of nitrogens with one attached hydrogen (secondary N) is 1. The van der Waals surface area contributed by atoms with Crippen molar-refractivity contribution in [2.24, 2.45) is 17.8 Å². The Kier molecular flexibility index (Phi) is 7.47. The molecule has 5 nitrogen and oxygen atoms in total. The molecule has 1 N–H and O–H groups in total. The van der Waals surface area contributed by atoms with E-state index in [4.69, 9.17) is 11.6 Å². The second-order valence-electron chi connectivity index (χ2n) is 11.3. The fourth-order valence-corrected chi connectivity index (χ4v) is 6.95. The van der Waals surface area contributed by atoms with Gasteiger partial charge in [-0.15, -0.1) is 0 Å². The summed E-state index contributed by atoms with van der Waals surface area (Å²) in [6.45, 7) is 7.91.